The van der Waals surface area contributed by atoms with E-state index in [1.54, 1.807) is 23.7 Å². The Hall–Kier alpha value is -2.35. The zero-order chi connectivity index (χ0) is 20.1. The number of hydrogen-bond acceptors (Lipinski definition) is 5. The van der Waals surface area contributed by atoms with E-state index in [0.717, 1.165) is 0 Å². The van der Waals surface area contributed by atoms with Crippen molar-refractivity contribution >= 4 is 40.7 Å². The maximum absolute atomic E-state index is 12.5. The largest absolute Gasteiger partial charge is 0.473 e. The van der Waals surface area contributed by atoms with Gasteiger partial charge >= 0.3 is 0 Å². The van der Waals surface area contributed by atoms with Gasteiger partial charge in [0.15, 0.2) is 0 Å². The average Bonchev–Trinajstić information content (AvgIpc) is 2.70. The monoisotopic (exact) mass is 423 g/mol. The van der Waals surface area contributed by atoms with Crippen LogP contribution < -0.4 is 15.5 Å². The quantitative estimate of drug-likeness (QED) is 0.496. The van der Waals surface area contributed by atoms with Crippen LogP contribution in [0.15, 0.2) is 36.5 Å². The number of hydrogen-bond donors (Lipinski definition) is 3. The normalized spacial score (nSPS) is 19.0. The van der Waals surface area contributed by atoms with Gasteiger partial charge in [-0.2, -0.15) is 0 Å². The number of pyridine rings is 1. The van der Waals surface area contributed by atoms with Crippen LogP contribution >= 0.6 is 23.2 Å². The molecule has 2 aromatic rings. The number of ether oxygens (including phenoxy) is 1. The van der Waals surface area contributed by atoms with Crippen molar-refractivity contribution in [2.45, 2.75) is 31.8 Å². The zero-order valence-corrected chi connectivity index (χ0v) is 16.3. The Morgan fingerprint density at radius 3 is 2.39 bits per heavy atom. The van der Waals surface area contributed by atoms with Gasteiger partial charge in [0.25, 0.3) is 5.91 Å². The summed E-state index contributed by atoms with van der Waals surface area (Å²) < 4.78 is 5.84. The molecule has 1 aliphatic rings. The van der Waals surface area contributed by atoms with Gasteiger partial charge in [-0.15, -0.1) is 0 Å². The third-order valence-corrected chi connectivity index (χ3v) is 5.09. The molecule has 1 fully saturated rings. The molecule has 2 amide bonds. The third kappa shape index (κ3) is 5.13. The summed E-state index contributed by atoms with van der Waals surface area (Å²) in [4.78, 5) is 27.9. The SMILES string of the molecule is O=C(NO)c1ccc(NC(=O)C2CCC(Oc3ncc(Cl)cc3Cl)CC2)cc1. The molecule has 0 bridgehead atoms. The molecule has 0 spiro atoms. The van der Waals surface area contributed by atoms with Crippen LogP contribution in [-0.2, 0) is 4.79 Å². The molecule has 28 heavy (non-hydrogen) atoms. The Morgan fingerprint density at radius 2 is 1.79 bits per heavy atom. The number of nitrogens with one attached hydrogen (secondary N) is 2. The fraction of sp³-hybridized carbons (Fsp3) is 0.316. The fourth-order valence-electron chi connectivity index (χ4n) is 3.10. The Balaban J connectivity index is 1.50. The summed E-state index contributed by atoms with van der Waals surface area (Å²) in [6.45, 7) is 0. The van der Waals surface area contributed by atoms with Gasteiger partial charge in [-0.25, -0.2) is 10.5 Å². The van der Waals surface area contributed by atoms with Crippen LogP contribution in [-0.4, -0.2) is 28.1 Å². The average molecular weight is 424 g/mol. The highest BCUT2D eigenvalue weighted by molar-refractivity contribution is 6.35. The van der Waals surface area contributed by atoms with Gasteiger partial charge in [-0.1, -0.05) is 23.2 Å². The minimum absolute atomic E-state index is 0.0495. The number of benzene rings is 1. The summed E-state index contributed by atoms with van der Waals surface area (Å²) >= 11 is 11.9. The van der Waals surface area contributed by atoms with Crippen molar-refractivity contribution < 1.29 is 19.5 Å². The molecule has 1 aromatic carbocycles. The fourth-order valence-corrected chi connectivity index (χ4v) is 3.53. The number of rotatable bonds is 5. The highest BCUT2D eigenvalue weighted by atomic mass is 35.5. The topological polar surface area (TPSA) is 101 Å². The van der Waals surface area contributed by atoms with Crippen LogP contribution in [0.3, 0.4) is 0 Å². The number of halogens is 2. The van der Waals surface area contributed by atoms with Gasteiger partial charge in [-0.3, -0.25) is 14.8 Å². The summed E-state index contributed by atoms with van der Waals surface area (Å²) in [5, 5.41) is 12.3. The van der Waals surface area contributed by atoms with Gasteiger partial charge in [0.05, 0.1) is 5.02 Å². The molecular weight excluding hydrogens is 405 g/mol. The minimum Gasteiger partial charge on any atom is -0.473 e. The molecule has 1 heterocycles. The molecular formula is C19H19Cl2N3O4. The van der Waals surface area contributed by atoms with Gasteiger partial charge in [-0.05, 0) is 56.0 Å². The Morgan fingerprint density at radius 1 is 1.11 bits per heavy atom. The number of nitrogens with zero attached hydrogens (tertiary/aromatic N) is 1. The molecule has 0 aliphatic heterocycles. The molecule has 0 saturated heterocycles. The van der Waals surface area contributed by atoms with Gasteiger partial charge in [0.2, 0.25) is 11.8 Å². The van der Waals surface area contributed by atoms with Crippen LogP contribution in [0.1, 0.15) is 36.0 Å². The van der Waals surface area contributed by atoms with Crippen molar-refractivity contribution in [1.82, 2.24) is 10.5 Å². The number of amides is 2. The first-order valence-electron chi connectivity index (χ1n) is 8.79. The van der Waals surface area contributed by atoms with Crippen LogP contribution in [0.4, 0.5) is 5.69 Å². The van der Waals surface area contributed by atoms with E-state index in [2.05, 4.69) is 10.3 Å². The first kappa shape index (κ1) is 20.4. The first-order valence-corrected chi connectivity index (χ1v) is 9.55. The zero-order valence-electron chi connectivity index (χ0n) is 14.8. The molecule has 9 heteroatoms. The van der Waals surface area contributed by atoms with E-state index < -0.39 is 5.91 Å². The van der Waals surface area contributed by atoms with Gasteiger partial charge in [0.1, 0.15) is 11.1 Å². The summed E-state index contributed by atoms with van der Waals surface area (Å²) in [7, 11) is 0. The van der Waals surface area contributed by atoms with Crippen molar-refractivity contribution in [3.8, 4) is 5.88 Å². The molecule has 1 saturated carbocycles. The molecule has 0 radical (unpaired) electrons. The van der Waals surface area contributed by atoms with Crippen LogP contribution in [0.2, 0.25) is 10.0 Å². The highest BCUT2D eigenvalue weighted by Crippen LogP contribution is 2.31. The van der Waals surface area contributed by atoms with E-state index in [-0.39, 0.29) is 17.9 Å². The van der Waals surface area contributed by atoms with E-state index in [1.165, 1.54) is 18.3 Å². The number of carbonyl (C=O) groups excluding carboxylic acids is 2. The van der Waals surface area contributed by atoms with E-state index in [1.807, 2.05) is 0 Å². The lowest BCUT2D eigenvalue weighted by Gasteiger charge is -2.28. The lowest BCUT2D eigenvalue weighted by Crippen LogP contribution is -2.31. The smallest absolute Gasteiger partial charge is 0.274 e. The Labute approximate surface area is 172 Å². The lowest BCUT2D eigenvalue weighted by molar-refractivity contribution is -0.121. The van der Waals surface area contributed by atoms with Crippen LogP contribution in [0.5, 0.6) is 5.88 Å². The summed E-state index contributed by atoms with van der Waals surface area (Å²) in [6, 6.07) is 7.86. The molecule has 7 nitrogen and oxygen atoms in total. The molecule has 1 aromatic heterocycles. The van der Waals surface area contributed by atoms with Gasteiger partial charge in [0, 0.05) is 23.4 Å². The summed E-state index contributed by atoms with van der Waals surface area (Å²) in [5.74, 6) is -0.438. The van der Waals surface area contributed by atoms with Crippen molar-refractivity contribution in [2.24, 2.45) is 5.92 Å². The maximum atomic E-state index is 12.5. The number of hydroxylamine groups is 1. The minimum atomic E-state index is -0.605. The van der Waals surface area contributed by atoms with Gasteiger partial charge < -0.3 is 10.1 Å². The number of carbonyl (C=O) groups is 2. The number of anilines is 1. The van der Waals surface area contributed by atoms with Crippen LogP contribution in [0.25, 0.3) is 0 Å². The van der Waals surface area contributed by atoms with E-state index in [0.29, 0.717) is 52.9 Å². The van der Waals surface area contributed by atoms with E-state index >= 15 is 0 Å². The van der Waals surface area contributed by atoms with E-state index in [4.69, 9.17) is 33.1 Å². The second-order valence-electron chi connectivity index (χ2n) is 6.54. The molecule has 3 N–H and O–H groups in total. The number of aromatic nitrogens is 1. The van der Waals surface area contributed by atoms with E-state index in [9.17, 15) is 9.59 Å². The predicted octanol–water partition coefficient (Wildman–Crippen LogP) is 4.08. The lowest BCUT2D eigenvalue weighted by atomic mass is 9.86. The highest BCUT2D eigenvalue weighted by Gasteiger charge is 2.28. The molecule has 148 valence electrons. The van der Waals surface area contributed by atoms with Crippen molar-refractivity contribution in [2.75, 3.05) is 5.32 Å². The second kappa shape index (κ2) is 9.23. The van der Waals surface area contributed by atoms with Crippen molar-refractivity contribution in [3.05, 3.63) is 52.1 Å². The maximum Gasteiger partial charge on any atom is 0.274 e. The van der Waals surface area contributed by atoms with Crippen molar-refractivity contribution in [3.63, 3.8) is 0 Å². The summed E-state index contributed by atoms with van der Waals surface area (Å²) in [5.41, 5.74) is 2.45. The molecule has 0 unspecified atom stereocenters. The second-order valence-corrected chi connectivity index (χ2v) is 7.38. The third-order valence-electron chi connectivity index (χ3n) is 4.61. The Bertz CT molecular complexity index is 853. The molecule has 1 aliphatic carbocycles. The summed E-state index contributed by atoms with van der Waals surface area (Å²) in [6.07, 6.45) is 4.24. The van der Waals surface area contributed by atoms with Crippen molar-refractivity contribution in [1.29, 1.82) is 0 Å². The van der Waals surface area contributed by atoms with Crippen LogP contribution in [0, 0.1) is 5.92 Å². The molecule has 0 atom stereocenters. The molecule has 3 rings (SSSR count). The standard InChI is InChI=1S/C19H19Cl2N3O4/c20-13-9-16(21)19(22-10-13)28-15-7-3-11(4-8-15)17(25)23-14-5-1-12(2-6-14)18(26)24-27/h1-2,5-6,9-11,15,27H,3-4,7-8H2,(H,23,25)(H,24,26). The predicted molar refractivity (Wildman–Crippen MR) is 105 cm³/mol. The first-order chi connectivity index (χ1) is 13.5. The Kier molecular flexibility index (Phi) is 6.72.